The van der Waals surface area contributed by atoms with Gasteiger partial charge in [-0.05, 0) is 29.8 Å². The maximum atomic E-state index is 5.90. The van der Waals surface area contributed by atoms with Crippen LogP contribution in [0.25, 0.3) is 10.2 Å². The normalized spacial score (nSPS) is 11.2. The average Bonchev–Trinajstić information content (AvgIpc) is 2.94. The van der Waals surface area contributed by atoms with Gasteiger partial charge in [0.2, 0.25) is 0 Å². The predicted octanol–water partition coefficient (Wildman–Crippen LogP) is 3.88. The average molecular weight is 310 g/mol. The lowest BCUT2D eigenvalue weighted by Gasteiger charge is -2.03. The zero-order valence-electron chi connectivity index (χ0n) is 10.0. The summed E-state index contributed by atoms with van der Waals surface area (Å²) < 4.78 is 1.97. The van der Waals surface area contributed by atoms with E-state index >= 15 is 0 Å². The Bertz CT molecular complexity index is 705. The summed E-state index contributed by atoms with van der Waals surface area (Å²) in [4.78, 5) is 5.49. The van der Waals surface area contributed by atoms with Gasteiger partial charge in [-0.2, -0.15) is 0 Å². The Balaban J connectivity index is 1.64. The SMILES string of the molecule is Nc1nc2ccc(CNCc3ccc(Cl)s3)cc2s1. The molecule has 0 atom stereocenters. The maximum absolute atomic E-state index is 5.90. The van der Waals surface area contributed by atoms with Gasteiger partial charge in [-0.15, -0.1) is 11.3 Å². The lowest BCUT2D eigenvalue weighted by Crippen LogP contribution is -2.11. The third-order valence-electron chi connectivity index (χ3n) is 2.73. The highest BCUT2D eigenvalue weighted by atomic mass is 35.5. The van der Waals surface area contributed by atoms with Crippen LogP contribution in [0.3, 0.4) is 0 Å². The summed E-state index contributed by atoms with van der Waals surface area (Å²) in [5.41, 5.74) is 7.90. The number of rotatable bonds is 4. The van der Waals surface area contributed by atoms with Crippen molar-refractivity contribution in [3.63, 3.8) is 0 Å². The van der Waals surface area contributed by atoms with Gasteiger partial charge in [0.1, 0.15) is 0 Å². The van der Waals surface area contributed by atoms with Gasteiger partial charge in [0.25, 0.3) is 0 Å². The van der Waals surface area contributed by atoms with E-state index in [0.29, 0.717) is 5.13 Å². The number of thiazole rings is 1. The maximum Gasteiger partial charge on any atom is 0.181 e. The monoisotopic (exact) mass is 309 g/mol. The Hall–Kier alpha value is -1.14. The molecular weight excluding hydrogens is 298 g/mol. The summed E-state index contributed by atoms with van der Waals surface area (Å²) >= 11 is 9.03. The molecule has 1 aromatic carbocycles. The number of hydrogen-bond donors (Lipinski definition) is 2. The second kappa shape index (κ2) is 5.46. The third-order valence-corrected chi connectivity index (χ3v) is 4.81. The van der Waals surface area contributed by atoms with E-state index in [-0.39, 0.29) is 0 Å². The van der Waals surface area contributed by atoms with Crippen molar-refractivity contribution in [3.05, 3.63) is 45.1 Å². The summed E-state index contributed by atoms with van der Waals surface area (Å²) in [5, 5.41) is 4.03. The van der Waals surface area contributed by atoms with Gasteiger partial charge in [0.15, 0.2) is 5.13 Å². The largest absolute Gasteiger partial charge is 0.375 e. The molecule has 0 fully saturated rings. The van der Waals surface area contributed by atoms with Gasteiger partial charge in [0.05, 0.1) is 14.6 Å². The molecule has 0 aliphatic heterocycles. The van der Waals surface area contributed by atoms with Crippen LogP contribution >= 0.6 is 34.3 Å². The highest BCUT2D eigenvalue weighted by Crippen LogP contribution is 2.25. The highest BCUT2D eigenvalue weighted by molar-refractivity contribution is 7.22. The fourth-order valence-corrected chi connectivity index (χ4v) is 3.73. The molecule has 0 saturated heterocycles. The van der Waals surface area contributed by atoms with E-state index in [1.54, 1.807) is 11.3 Å². The summed E-state index contributed by atoms with van der Waals surface area (Å²) in [6, 6.07) is 10.2. The van der Waals surface area contributed by atoms with Crippen molar-refractivity contribution < 1.29 is 0 Å². The van der Waals surface area contributed by atoms with Crippen molar-refractivity contribution in [1.29, 1.82) is 0 Å². The van der Waals surface area contributed by atoms with Gasteiger partial charge in [0, 0.05) is 18.0 Å². The fourth-order valence-electron chi connectivity index (χ4n) is 1.87. The first-order valence-electron chi connectivity index (χ1n) is 5.80. The van der Waals surface area contributed by atoms with E-state index in [9.17, 15) is 0 Å². The van der Waals surface area contributed by atoms with Crippen LogP contribution in [-0.4, -0.2) is 4.98 Å². The summed E-state index contributed by atoms with van der Waals surface area (Å²) in [6.45, 7) is 1.66. The lowest BCUT2D eigenvalue weighted by molar-refractivity contribution is 0.701. The van der Waals surface area contributed by atoms with Crippen molar-refractivity contribution in [2.75, 3.05) is 5.73 Å². The van der Waals surface area contributed by atoms with Crippen LogP contribution in [0.15, 0.2) is 30.3 Å². The van der Waals surface area contributed by atoms with Gasteiger partial charge < -0.3 is 11.1 Å². The van der Waals surface area contributed by atoms with E-state index in [2.05, 4.69) is 22.4 Å². The number of fused-ring (bicyclic) bond motifs is 1. The second-order valence-electron chi connectivity index (χ2n) is 4.16. The molecule has 3 aromatic rings. The van der Waals surface area contributed by atoms with Gasteiger partial charge in [-0.3, -0.25) is 0 Å². The van der Waals surface area contributed by atoms with E-state index in [0.717, 1.165) is 27.6 Å². The van der Waals surface area contributed by atoms with Gasteiger partial charge >= 0.3 is 0 Å². The van der Waals surface area contributed by atoms with E-state index in [4.69, 9.17) is 17.3 Å². The molecule has 0 bridgehead atoms. The first kappa shape index (κ1) is 12.9. The molecule has 3 N–H and O–H groups in total. The van der Waals surface area contributed by atoms with Crippen molar-refractivity contribution in [1.82, 2.24) is 10.3 Å². The molecule has 3 rings (SSSR count). The number of nitrogens with one attached hydrogen (secondary N) is 1. The predicted molar refractivity (Wildman–Crippen MR) is 83.9 cm³/mol. The summed E-state index contributed by atoms with van der Waals surface area (Å²) in [6.07, 6.45) is 0. The Morgan fingerprint density at radius 3 is 2.84 bits per heavy atom. The molecule has 0 radical (unpaired) electrons. The minimum atomic E-state index is 0.619. The quantitative estimate of drug-likeness (QED) is 0.769. The van der Waals surface area contributed by atoms with Crippen molar-refractivity contribution in [3.8, 4) is 0 Å². The summed E-state index contributed by atoms with van der Waals surface area (Å²) in [7, 11) is 0. The van der Waals surface area contributed by atoms with Gasteiger partial charge in [-0.1, -0.05) is 29.0 Å². The molecule has 6 heteroatoms. The van der Waals surface area contributed by atoms with Crippen LogP contribution in [0.4, 0.5) is 5.13 Å². The Kier molecular flexibility index (Phi) is 3.70. The first-order chi connectivity index (χ1) is 9.20. The van der Waals surface area contributed by atoms with Crippen molar-refractivity contribution >= 4 is 49.6 Å². The molecule has 0 aliphatic rings. The zero-order valence-corrected chi connectivity index (χ0v) is 12.4. The van der Waals surface area contributed by atoms with Crippen molar-refractivity contribution in [2.24, 2.45) is 0 Å². The smallest absolute Gasteiger partial charge is 0.181 e. The molecule has 3 nitrogen and oxygen atoms in total. The molecular formula is C13H12ClN3S2. The number of benzene rings is 1. The minimum absolute atomic E-state index is 0.619. The second-order valence-corrected chi connectivity index (χ2v) is 7.03. The Morgan fingerprint density at radius 1 is 1.16 bits per heavy atom. The number of thiophene rings is 1. The molecule has 0 amide bonds. The Morgan fingerprint density at radius 2 is 2.05 bits per heavy atom. The molecule has 0 saturated carbocycles. The number of halogens is 1. The molecule has 98 valence electrons. The number of nitrogens with two attached hydrogens (primary N) is 1. The van der Waals surface area contributed by atoms with E-state index in [1.165, 1.54) is 21.8 Å². The standard InChI is InChI=1S/C13H12ClN3S2/c14-12-4-2-9(18-12)7-16-6-8-1-3-10-11(5-8)19-13(15)17-10/h1-5,16H,6-7H2,(H2,15,17). The summed E-state index contributed by atoms with van der Waals surface area (Å²) in [5.74, 6) is 0. The van der Waals surface area contributed by atoms with Crippen LogP contribution in [0.2, 0.25) is 4.34 Å². The van der Waals surface area contributed by atoms with E-state index < -0.39 is 0 Å². The Labute approximate surface area is 124 Å². The van der Waals surface area contributed by atoms with Gasteiger partial charge in [-0.25, -0.2) is 4.98 Å². The molecule has 2 heterocycles. The number of anilines is 1. The topological polar surface area (TPSA) is 50.9 Å². The molecule has 19 heavy (non-hydrogen) atoms. The molecule has 2 aromatic heterocycles. The molecule has 0 unspecified atom stereocenters. The lowest BCUT2D eigenvalue weighted by atomic mass is 10.2. The van der Waals surface area contributed by atoms with E-state index in [1.807, 2.05) is 18.2 Å². The number of hydrogen-bond acceptors (Lipinski definition) is 5. The molecule has 0 aliphatic carbocycles. The molecule has 0 spiro atoms. The number of aromatic nitrogens is 1. The fraction of sp³-hybridized carbons (Fsp3) is 0.154. The minimum Gasteiger partial charge on any atom is -0.375 e. The first-order valence-corrected chi connectivity index (χ1v) is 7.82. The third kappa shape index (κ3) is 3.06. The zero-order chi connectivity index (χ0) is 13.2. The van der Waals surface area contributed by atoms with Crippen LogP contribution in [-0.2, 0) is 13.1 Å². The number of nitrogens with zero attached hydrogens (tertiary/aromatic N) is 1. The van der Waals surface area contributed by atoms with Crippen LogP contribution in [0, 0.1) is 0 Å². The van der Waals surface area contributed by atoms with Crippen LogP contribution < -0.4 is 11.1 Å². The van der Waals surface area contributed by atoms with Crippen LogP contribution in [0.5, 0.6) is 0 Å². The van der Waals surface area contributed by atoms with Crippen molar-refractivity contribution in [2.45, 2.75) is 13.1 Å². The van der Waals surface area contributed by atoms with Crippen LogP contribution in [0.1, 0.15) is 10.4 Å². The number of nitrogen functional groups attached to an aromatic ring is 1. The highest BCUT2D eigenvalue weighted by Gasteiger charge is 2.02.